The molecule has 0 aliphatic carbocycles. The highest BCUT2D eigenvalue weighted by atomic mass is 19.1. The lowest BCUT2D eigenvalue weighted by Gasteiger charge is -2.13. The van der Waals surface area contributed by atoms with Gasteiger partial charge in [-0.3, -0.25) is 4.79 Å². The smallest absolute Gasteiger partial charge is 0.161 e. The van der Waals surface area contributed by atoms with Crippen LogP contribution in [0.5, 0.6) is 0 Å². The SMILES string of the molecule is CC(=O)c1cc(-c2ccccc2)n(-c2ccc(F)cc2F)c1C. The highest BCUT2D eigenvalue weighted by Gasteiger charge is 2.19. The van der Waals surface area contributed by atoms with Crippen molar-refractivity contribution in [3.05, 3.63) is 77.5 Å². The van der Waals surface area contributed by atoms with E-state index in [1.165, 1.54) is 19.1 Å². The molecule has 0 saturated heterocycles. The number of halogens is 2. The fraction of sp³-hybridized carbons (Fsp3) is 0.105. The van der Waals surface area contributed by atoms with Gasteiger partial charge in [-0.1, -0.05) is 30.3 Å². The molecule has 0 aliphatic heterocycles. The minimum atomic E-state index is -0.670. The van der Waals surface area contributed by atoms with Gasteiger partial charge in [0.2, 0.25) is 0 Å². The molecular formula is C19H15F2NO. The van der Waals surface area contributed by atoms with Gasteiger partial charge in [-0.15, -0.1) is 0 Å². The van der Waals surface area contributed by atoms with Crippen LogP contribution in [0.3, 0.4) is 0 Å². The summed E-state index contributed by atoms with van der Waals surface area (Å²) in [6.45, 7) is 3.23. The summed E-state index contributed by atoms with van der Waals surface area (Å²) in [5.41, 5.74) is 2.91. The van der Waals surface area contributed by atoms with E-state index < -0.39 is 11.6 Å². The Balaban J connectivity index is 2.32. The van der Waals surface area contributed by atoms with Crippen LogP contribution in [0, 0.1) is 18.6 Å². The number of rotatable bonds is 3. The third-order valence-electron chi connectivity index (χ3n) is 3.85. The average molecular weight is 311 g/mol. The van der Waals surface area contributed by atoms with Gasteiger partial charge in [-0.25, -0.2) is 8.78 Å². The molecular weight excluding hydrogens is 296 g/mol. The third kappa shape index (κ3) is 2.68. The van der Waals surface area contributed by atoms with Gasteiger partial charge in [-0.05, 0) is 37.6 Å². The summed E-state index contributed by atoms with van der Waals surface area (Å²) < 4.78 is 29.1. The molecule has 0 N–H and O–H groups in total. The van der Waals surface area contributed by atoms with E-state index in [4.69, 9.17) is 0 Å². The maximum absolute atomic E-state index is 14.3. The van der Waals surface area contributed by atoms with Crippen LogP contribution in [0.15, 0.2) is 54.6 Å². The molecule has 0 radical (unpaired) electrons. The Morgan fingerprint density at radius 3 is 2.30 bits per heavy atom. The van der Waals surface area contributed by atoms with E-state index in [9.17, 15) is 13.6 Å². The number of carbonyl (C=O) groups excluding carboxylic acids is 1. The fourth-order valence-corrected chi connectivity index (χ4v) is 2.76. The summed E-state index contributed by atoms with van der Waals surface area (Å²) in [5, 5.41) is 0. The molecule has 4 heteroatoms. The lowest BCUT2D eigenvalue weighted by atomic mass is 10.1. The lowest BCUT2D eigenvalue weighted by Crippen LogP contribution is -2.04. The minimum absolute atomic E-state index is 0.0963. The predicted octanol–water partition coefficient (Wildman–Crippen LogP) is 4.93. The number of nitrogens with zero attached hydrogens (tertiary/aromatic N) is 1. The largest absolute Gasteiger partial charge is 0.310 e. The van der Waals surface area contributed by atoms with Crippen LogP contribution in [-0.4, -0.2) is 10.4 Å². The van der Waals surface area contributed by atoms with Crippen LogP contribution < -0.4 is 0 Å². The van der Waals surface area contributed by atoms with Crippen LogP contribution in [0.4, 0.5) is 8.78 Å². The first-order valence-corrected chi connectivity index (χ1v) is 7.23. The van der Waals surface area contributed by atoms with Crippen molar-refractivity contribution < 1.29 is 13.6 Å². The van der Waals surface area contributed by atoms with Gasteiger partial charge in [0.25, 0.3) is 0 Å². The molecule has 2 aromatic carbocycles. The monoisotopic (exact) mass is 311 g/mol. The molecule has 0 amide bonds. The molecule has 0 saturated carbocycles. The number of benzene rings is 2. The van der Waals surface area contributed by atoms with Gasteiger partial charge in [0.15, 0.2) is 5.78 Å². The zero-order valence-corrected chi connectivity index (χ0v) is 12.8. The number of carbonyl (C=O) groups is 1. The van der Waals surface area contributed by atoms with Gasteiger partial charge in [0.05, 0.1) is 11.4 Å². The van der Waals surface area contributed by atoms with Crippen molar-refractivity contribution in [1.29, 1.82) is 0 Å². The first-order valence-electron chi connectivity index (χ1n) is 7.23. The normalized spacial score (nSPS) is 10.8. The fourth-order valence-electron chi connectivity index (χ4n) is 2.76. The minimum Gasteiger partial charge on any atom is -0.310 e. The highest BCUT2D eigenvalue weighted by Crippen LogP contribution is 2.31. The summed E-state index contributed by atoms with van der Waals surface area (Å²) in [6, 6.07) is 14.6. The summed E-state index contributed by atoms with van der Waals surface area (Å²) >= 11 is 0. The zero-order chi connectivity index (χ0) is 16.6. The Morgan fingerprint density at radius 2 is 1.70 bits per heavy atom. The van der Waals surface area contributed by atoms with Crippen LogP contribution in [0.25, 0.3) is 16.9 Å². The van der Waals surface area contributed by atoms with E-state index in [0.29, 0.717) is 17.0 Å². The second-order valence-corrected chi connectivity index (χ2v) is 5.38. The molecule has 3 aromatic rings. The molecule has 116 valence electrons. The molecule has 0 spiro atoms. The van der Waals surface area contributed by atoms with Crippen LogP contribution in [0.2, 0.25) is 0 Å². The zero-order valence-electron chi connectivity index (χ0n) is 12.8. The van der Waals surface area contributed by atoms with Gasteiger partial charge in [0, 0.05) is 17.3 Å². The van der Waals surface area contributed by atoms with Gasteiger partial charge >= 0.3 is 0 Å². The first-order chi connectivity index (χ1) is 11.0. The maximum atomic E-state index is 14.3. The average Bonchev–Trinajstić information content (AvgIpc) is 2.86. The van der Waals surface area contributed by atoms with Crippen molar-refractivity contribution >= 4 is 5.78 Å². The molecule has 0 fully saturated rings. The molecule has 0 atom stereocenters. The van der Waals surface area contributed by atoms with Crippen molar-refractivity contribution in [3.8, 4) is 16.9 Å². The van der Waals surface area contributed by atoms with E-state index in [1.807, 2.05) is 30.3 Å². The van der Waals surface area contributed by atoms with Crippen LogP contribution in [0.1, 0.15) is 23.0 Å². The van der Waals surface area contributed by atoms with E-state index >= 15 is 0 Å². The Hall–Kier alpha value is -2.75. The number of aromatic nitrogens is 1. The number of ketones is 1. The number of Topliss-reactive ketones (excluding diaryl/α,β-unsaturated/α-hetero) is 1. The summed E-state index contributed by atoms with van der Waals surface area (Å²) in [6.07, 6.45) is 0. The summed E-state index contributed by atoms with van der Waals surface area (Å²) in [4.78, 5) is 11.9. The Kier molecular flexibility index (Phi) is 3.82. The van der Waals surface area contributed by atoms with Crippen molar-refractivity contribution in [1.82, 2.24) is 4.57 Å². The summed E-state index contributed by atoms with van der Waals surface area (Å²) in [7, 11) is 0. The molecule has 0 unspecified atom stereocenters. The van der Waals surface area contributed by atoms with Crippen molar-refractivity contribution in [2.24, 2.45) is 0 Å². The van der Waals surface area contributed by atoms with Crippen molar-refractivity contribution in [2.45, 2.75) is 13.8 Å². The standard InChI is InChI=1S/C19H15F2NO/c1-12-16(13(2)23)11-19(14-6-4-3-5-7-14)22(12)18-9-8-15(20)10-17(18)21/h3-11H,1-2H3. The molecule has 23 heavy (non-hydrogen) atoms. The maximum Gasteiger partial charge on any atom is 0.161 e. The second kappa shape index (κ2) is 5.80. The van der Waals surface area contributed by atoms with Gasteiger partial charge in [0.1, 0.15) is 11.6 Å². The van der Waals surface area contributed by atoms with E-state index in [0.717, 1.165) is 11.6 Å². The number of hydrogen-bond donors (Lipinski definition) is 0. The van der Waals surface area contributed by atoms with Crippen LogP contribution in [-0.2, 0) is 0 Å². The highest BCUT2D eigenvalue weighted by molar-refractivity contribution is 5.97. The molecule has 1 heterocycles. The Bertz CT molecular complexity index is 882. The Labute approximate surface area is 133 Å². The second-order valence-electron chi connectivity index (χ2n) is 5.38. The number of hydrogen-bond acceptors (Lipinski definition) is 1. The Morgan fingerprint density at radius 1 is 1.00 bits per heavy atom. The van der Waals surface area contributed by atoms with E-state index in [2.05, 4.69) is 0 Å². The lowest BCUT2D eigenvalue weighted by molar-refractivity contribution is 0.101. The first kappa shape index (κ1) is 15.2. The van der Waals surface area contributed by atoms with Crippen molar-refractivity contribution in [3.63, 3.8) is 0 Å². The van der Waals surface area contributed by atoms with Gasteiger partial charge in [-0.2, -0.15) is 0 Å². The quantitative estimate of drug-likeness (QED) is 0.628. The molecule has 3 rings (SSSR count). The molecule has 1 aromatic heterocycles. The molecule has 2 nitrogen and oxygen atoms in total. The molecule has 0 bridgehead atoms. The van der Waals surface area contributed by atoms with E-state index in [-0.39, 0.29) is 11.5 Å². The third-order valence-corrected chi connectivity index (χ3v) is 3.85. The van der Waals surface area contributed by atoms with Gasteiger partial charge < -0.3 is 4.57 Å². The topological polar surface area (TPSA) is 22.0 Å². The van der Waals surface area contributed by atoms with E-state index in [1.54, 1.807) is 17.6 Å². The predicted molar refractivity (Wildman–Crippen MR) is 85.9 cm³/mol. The summed E-state index contributed by atoms with van der Waals surface area (Å²) in [5.74, 6) is -1.40. The van der Waals surface area contributed by atoms with Crippen molar-refractivity contribution in [2.75, 3.05) is 0 Å². The molecule has 0 aliphatic rings. The van der Waals surface area contributed by atoms with Crippen LogP contribution >= 0.6 is 0 Å².